The third kappa shape index (κ3) is 4.62. The lowest BCUT2D eigenvalue weighted by Gasteiger charge is -2.38. The van der Waals surface area contributed by atoms with E-state index in [-0.39, 0.29) is 11.9 Å². The number of carbonyl (C=O) groups excluding carboxylic acids is 1. The van der Waals surface area contributed by atoms with Gasteiger partial charge in [0, 0.05) is 32.0 Å². The van der Waals surface area contributed by atoms with Crippen molar-refractivity contribution in [3.8, 4) is 0 Å². The van der Waals surface area contributed by atoms with Crippen LogP contribution in [0.15, 0.2) is 54.6 Å². The summed E-state index contributed by atoms with van der Waals surface area (Å²) in [5, 5.41) is 3.29. The van der Waals surface area contributed by atoms with Crippen molar-refractivity contribution in [2.75, 3.05) is 34.2 Å². The van der Waals surface area contributed by atoms with Crippen LogP contribution in [0.1, 0.15) is 23.6 Å². The molecule has 1 N–H and O–H groups in total. The number of benzene rings is 2. The first-order chi connectivity index (χ1) is 13.4. The van der Waals surface area contributed by atoms with Gasteiger partial charge in [-0.05, 0) is 51.2 Å². The Labute approximate surface area is 169 Å². The van der Waals surface area contributed by atoms with Gasteiger partial charge in [0.15, 0.2) is 0 Å². The smallest absolute Gasteiger partial charge is 0.241 e. The maximum atomic E-state index is 13.5. The third-order valence-electron chi connectivity index (χ3n) is 5.83. The summed E-state index contributed by atoms with van der Waals surface area (Å²) in [4.78, 5) is 17.9. The molecular weight excluding hydrogens is 346 g/mol. The average Bonchev–Trinajstić information content (AvgIpc) is 3.07. The van der Waals surface area contributed by atoms with E-state index in [9.17, 15) is 4.79 Å². The molecule has 2 aromatic carbocycles. The highest BCUT2D eigenvalue weighted by atomic mass is 16.2. The molecular formula is C24H33N3O. The van der Waals surface area contributed by atoms with E-state index in [0.29, 0.717) is 0 Å². The lowest BCUT2D eigenvalue weighted by molar-refractivity contribution is -0.133. The maximum Gasteiger partial charge on any atom is 0.241 e. The zero-order valence-electron chi connectivity index (χ0n) is 17.6. The van der Waals surface area contributed by atoms with E-state index in [0.717, 1.165) is 32.4 Å². The number of nitrogens with zero attached hydrogens (tertiary/aromatic N) is 2. The topological polar surface area (TPSA) is 35.6 Å². The molecule has 4 heteroatoms. The summed E-state index contributed by atoms with van der Waals surface area (Å²) < 4.78 is 0. The Balaban J connectivity index is 1.78. The molecule has 0 spiro atoms. The van der Waals surface area contributed by atoms with Crippen molar-refractivity contribution >= 4 is 5.91 Å². The second-order valence-electron chi connectivity index (χ2n) is 8.45. The summed E-state index contributed by atoms with van der Waals surface area (Å²) in [5.74, 6) is 0.147. The van der Waals surface area contributed by atoms with Gasteiger partial charge in [-0.1, -0.05) is 54.6 Å². The minimum Gasteiger partial charge on any atom is -0.351 e. The van der Waals surface area contributed by atoms with Crippen molar-refractivity contribution in [3.05, 3.63) is 71.3 Å². The number of hydrogen-bond acceptors (Lipinski definition) is 3. The average molecular weight is 380 g/mol. The third-order valence-corrected chi connectivity index (χ3v) is 5.83. The molecule has 0 fully saturated rings. The maximum absolute atomic E-state index is 13.5. The molecule has 1 amide bonds. The van der Waals surface area contributed by atoms with Crippen molar-refractivity contribution in [3.63, 3.8) is 0 Å². The molecule has 0 unspecified atom stereocenters. The quantitative estimate of drug-likeness (QED) is 0.766. The molecule has 0 bridgehead atoms. The first-order valence-corrected chi connectivity index (χ1v) is 10.2. The zero-order valence-corrected chi connectivity index (χ0v) is 17.6. The molecule has 0 radical (unpaired) electrons. The van der Waals surface area contributed by atoms with Crippen LogP contribution in [0, 0.1) is 0 Å². The number of amides is 1. The van der Waals surface area contributed by atoms with Crippen LogP contribution in [0.3, 0.4) is 0 Å². The van der Waals surface area contributed by atoms with Crippen LogP contribution in [-0.2, 0) is 24.1 Å². The van der Waals surface area contributed by atoms with Gasteiger partial charge >= 0.3 is 0 Å². The van der Waals surface area contributed by atoms with Crippen LogP contribution in [0.4, 0.5) is 0 Å². The Bertz CT molecular complexity index is 762. The van der Waals surface area contributed by atoms with Gasteiger partial charge in [0.25, 0.3) is 0 Å². The van der Waals surface area contributed by atoms with Gasteiger partial charge in [0.05, 0.1) is 0 Å². The summed E-state index contributed by atoms with van der Waals surface area (Å²) in [6, 6.07) is 19.1. The number of rotatable bonds is 8. The van der Waals surface area contributed by atoms with Gasteiger partial charge in [0.1, 0.15) is 5.54 Å². The molecule has 1 atom stereocenters. The highest BCUT2D eigenvalue weighted by Gasteiger charge is 2.47. The Hall–Kier alpha value is -2.17. The normalized spacial score (nSPS) is 16.2. The summed E-state index contributed by atoms with van der Waals surface area (Å²) in [6.45, 7) is 3.77. The van der Waals surface area contributed by atoms with Gasteiger partial charge in [0.2, 0.25) is 5.91 Å². The minimum absolute atomic E-state index is 0.116. The molecule has 0 aliphatic heterocycles. The molecule has 2 aromatic rings. The van der Waals surface area contributed by atoms with E-state index in [2.05, 4.69) is 77.6 Å². The molecule has 3 rings (SSSR count). The van der Waals surface area contributed by atoms with E-state index in [1.807, 2.05) is 20.2 Å². The fraction of sp³-hybridized carbons (Fsp3) is 0.458. The van der Waals surface area contributed by atoms with Gasteiger partial charge < -0.3 is 10.2 Å². The number of nitrogens with one attached hydrogen (secondary N) is 1. The molecule has 1 aliphatic carbocycles. The summed E-state index contributed by atoms with van der Waals surface area (Å²) in [5.41, 5.74) is 3.38. The fourth-order valence-corrected chi connectivity index (χ4v) is 4.31. The molecule has 0 aromatic heterocycles. The SMILES string of the molecule is C[C@@H](CN(C)C)NC(=O)C1(N(C)CCc2ccccc2)Cc2ccccc2C1. The molecule has 1 aliphatic rings. The highest BCUT2D eigenvalue weighted by Crippen LogP contribution is 2.34. The Morgan fingerprint density at radius 2 is 1.57 bits per heavy atom. The number of fused-ring (bicyclic) bond motifs is 1. The summed E-state index contributed by atoms with van der Waals surface area (Å²) in [7, 11) is 6.18. The summed E-state index contributed by atoms with van der Waals surface area (Å²) in [6.07, 6.45) is 2.49. The fourth-order valence-electron chi connectivity index (χ4n) is 4.31. The first-order valence-electron chi connectivity index (χ1n) is 10.2. The van der Waals surface area contributed by atoms with E-state index in [1.54, 1.807) is 0 Å². The van der Waals surface area contributed by atoms with E-state index in [4.69, 9.17) is 0 Å². The predicted octanol–water partition coefficient (Wildman–Crippen LogP) is 2.76. The first kappa shape index (κ1) is 20.6. The van der Waals surface area contributed by atoms with Crippen LogP contribution >= 0.6 is 0 Å². The number of hydrogen-bond donors (Lipinski definition) is 1. The Morgan fingerprint density at radius 1 is 1.00 bits per heavy atom. The van der Waals surface area contributed by atoms with E-state index in [1.165, 1.54) is 16.7 Å². The van der Waals surface area contributed by atoms with Crippen LogP contribution in [0.2, 0.25) is 0 Å². The predicted molar refractivity (Wildman–Crippen MR) is 116 cm³/mol. The molecule has 4 nitrogen and oxygen atoms in total. The van der Waals surface area contributed by atoms with Gasteiger partial charge in [-0.15, -0.1) is 0 Å². The lowest BCUT2D eigenvalue weighted by atomic mass is 9.91. The van der Waals surface area contributed by atoms with Crippen molar-refractivity contribution in [2.45, 2.75) is 37.8 Å². The van der Waals surface area contributed by atoms with Crippen LogP contribution < -0.4 is 5.32 Å². The molecule has 0 heterocycles. The second-order valence-corrected chi connectivity index (χ2v) is 8.45. The van der Waals surface area contributed by atoms with Crippen molar-refractivity contribution in [1.29, 1.82) is 0 Å². The molecule has 0 saturated heterocycles. The van der Waals surface area contributed by atoms with Gasteiger partial charge in [-0.25, -0.2) is 0 Å². The number of likely N-dealkylation sites (N-methyl/N-ethyl adjacent to an activating group) is 2. The zero-order chi connectivity index (χ0) is 20.1. The van der Waals surface area contributed by atoms with Crippen molar-refractivity contribution in [1.82, 2.24) is 15.1 Å². The lowest BCUT2D eigenvalue weighted by Crippen LogP contribution is -2.60. The standard InChI is InChI=1S/C24H33N3O/c1-19(18-26(2)3)25-23(28)24(16-21-12-8-9-13-22(21)17-24)27(4)15-14-20-10-6-5-7-11-20/h5-13,19H,14-18H2,1-4H3,(H,25,28)/t19-/m0/s1. The second kappa shape index (κ2) is 8.89. The Morgan fingerprint density at radius 3 is 2.14 bits per heavy atom. The number of carbonyl (C=O) groups is 1. The highest BCUT2D eigenvalue weighted by molar-refractivity contribution is 5.88. The largest absolute Gasteiger partial charge is 0.351 e. The van der Waals surface area contributed by atoms with Crippen molar-refractivity contribution in [2.24, 2.45) is 0 Å². The molecule has 150 valence electrons. The van der Waals surface area contributed by atoms with Gasteiger partial charge in [-0.2, -0.15) is 0 Å². The van der Waals surface area contributed by atoms with Crippen LogP contribution in [0.25, 0.3) is 0 Å². The van der Waals surface area contributed by atoms with E-state index < -0.39 is 5.54 Å². The van der Waals surface area contributed by atoms with Crippen LogP contribution in [-0.4, -0.2) is 61.5 Å². The molecule has 28 heavy (non-hydrogen) atoms. The monoisotopic (exact) mass is 379 g/mol. The van der Waals surface area contributed by atoms with Crippen molar-refractivity contribution < 1.29 is 4.79 Å². The minimum atomic E-state index is -0.515. The van der Waals surface area contributed by atoms with Crippen LogP contribution in [0.5, 0.6) is 0 Å². The Kier molecular flexibility index (Phi) is 6.53. The summed E-state index contributed by atoms with van der Waals surface area (Å²) >= 11 is 0. The van der Waals surface area contributed by atoms with E-state index >= 15 is 0 Å². The van der Waals surface area contributed by atoms with Gasteiger partial charge in [-0.3, -0.25) is 9.69 Å². The molecule has 0 saturated carbocycles.